The number of rotatable bonds is 3. The molecule has 1 aromatic heterocycles. The molecule has 1 saturated heterocycles. The monoisotopic (exact) mass is 410 g/mol. The highest BCUT2D eigenvalue weighted by Gasteiger charge is 2.49. The van der Waals surface area contributed by atoms with Crippen molar-refractivity contribution in [3.8, 4) is 0 Å². The predicted octanol–water partition coefficient (Wildman–Crippen LogP) is 3.07. The lowest BCUT2D eigenvalue weighted by atomic mass is 9.88. The summed E-state index contributed by atoms with van der Waals surface area (Å²) in [4.78, 5) is 31.1. The standard InChI is InChI=1S/C23H30N4O3/c1-14(20-21(29)26-23(27(20)13-28)8-6-5-7-9-23)17-10-16-12-24-19(22(3,4)30)11-18(16)25-15(17)2/h11-13,25,30H,5-10H2,1-4H3,(H,26,29)/b20-14-. The summed E-state index contributed by atoms with van der Waals surface area (Å²) in [5.74, 6) is -0.178. The molecule has 0 bridgehead atoms. The fourth-order valence-corrected chi connectivity index (χ4v) is 4.89. The molecule has 30 heavy (non-hydrogen) atoms. The largest absolute Gasteiger partial charge is 0.384 e. The van der Waals surface area contributed by atoms with Crippen LogP contribution in [-0.2, 0) is 21.6 Å². The van der Waals surface area contributed by atoms with Gasteiger partial charge in [0.2, 0.25) is 6.41 Å². The quantitative estimate of drug-likeness (QED) is 0.526. The zero-order valence-electron chi connectivity index (χ0n) is 18.1. The van der Waals surface area contributed by atoms with Crippen LogP contribution in [-0.4, -0.2) is 33.0 Å². The third-order valence-electron chi connectivity index (χ3n) is 6.61. The van der Waals surface area contributed by atoms with Crippen LogP contribution in [0.1, 0.15) is 71.1 Å². The maximum absolute atomic E-state index is 13.0. The molecule has 1 saturated carbocycles. The number of carbonyl (C=O) groups is 2. The van der Waals surface area contributed by atoms with Crippen LogP contribution in [0.5, 0.6) is 0 Å². The van der Waals surface area contributed by atoms with Gasteiger partial charge in [-0.1, -0.05) is 6.42 Å². The van der Waals surface area contributed by atoms with E-state index in [9.17, 15) is 14.7 Å². The number of nitrogens with zero attached hydrogens (tertiary/aromatic N) is 2. The number of nitrogens with one attached hydrogen (secondary N) is 2. The number of anilines is 1. The van der Waals surface area contributed by atoms with Gasteiger partial charge in [0.15, 0.2) is 0 Å². The average molecular weight is 411 g/mol. The molecular formula is C23H30N4O3. The van der Waals surface area contributed by atoms with Crippen LogP contribution >= 0.6 is 0 Å². The van der Waals surface area contributed by atoms with Crippen molar-refractivity contribution in [3.05, 3.63) is 46.1 Å². The molecule has 0 aromatic carbocycles. The van der Waals surface area contributed by atoms with E-state index in [-0.39, 0.29) is 5.91 Å². The topological polar surface area (TPSA) is 94.6 Å². The molecule has 1 spiro atoms. The van der Waals surface area contributed by atoms with Crippen LogP contribution in [0, 0.1) is 0 Å². The highest BCUT2D eigenvalue weighted by atomic mass is 16.3. The Morgan fingerprint density at radius 2 is 2.00 bits per heavy atom. The first-order valence-corrected chi connectivity index (χ1v) is 10.6. The zero-order chi connectivity index (χ0) is 21.7. The first-order valence-electron chi connectivity index (χ1n) is 10.6. The smallest absolute Gasteiger partial charge is 0.270 e. The molecule has 2 amide bonds. The Morgan fingerprint density at radius 1 is 1.30 bits per heavy atom. The molecule has 160 valence electrons. The number of amides is 2. The Balaban J connectivity index is 1.71. The summed E-state index contributed by atoms with van der Waals surface area (Å²) >= 11 is 0. The molecule has 3 heterocycles. The van der Waals surface area contributed by atoms with E-state index in [2.05, 4.69) is 15.6 Å². The maximum Gasteiger partial charge on any atom is 0.270 e. The minimum Gasteiger partial charge on any atom is -0.384 e. The highest BCUT2D eigenvalue weighted by Crippen LogP contribution is 2.40. The van der Waals surface area contributed by atoms with Gasteiger partial charge < -0.3 is 15.7 Å². The van der Waals surface area contributed by atoms with Crippen molar-refractivity contribution in [3.63, 3.8) is 0 Å². The molecular weight excluding hydrogens is 380 g/mol. The van der Waals surface area contributed by atoms with Crippen molar-refractivity contribution in [2.45, 2.75) is 77.5 Å². The molecule has 0 unspecified atom stereocenters. The normalized spacial score (nSPS) is 22.6. The van der Waals surface area contributed by atoms with Crippen molar-refractivity contribution in [1.29, 1.82) is 0 Å². The first-order chi connectivity index (χ1) is 14.2. The molecule has 2 aliphatic heterocycles. The number of allylic oxidation sites excluding steroid dienone is 3. The van der Waals surface area contributed by atoms with Gasteiger partial charge in [-0.05, 0) is 76.2 Å². The lowest BCUT2D eigenvalue weighted by molar-refractivity contribution is -0.121. The maximum atomic E-state index is 13.0. The minimum absolute atomic E-state index is 0.178. The second kappa shape index (κ2) is 7.23. The number of pyridine rings is 1. The van der Waals surface area contributed by atoms with Crippen LogP contribution < -0.4 is 10.6 Å². The molecule has 0 atom stereocenters. The van der Waals surface area contributed by atoms with Gasteiger partial charge in [-0.25, -0.2) is 0 Å². The third kappa shape index (κ3) is 3.31. The average Bonchev–Trinajstić information content (AvgIpc) is 2.96. The Bertz CT molecular complexity index is 965. The summed E-state index contributed by atoms with van der Waals surface area (Å²) < 4.78 is 0. The van der Waals surface area contributed by atoms with Gasteiger partial charge in [-0.15, -0.1) is 0 Å². The van der Waals surface area contributed by atoms with E-state index in [1.54, 1.807) is 24.9 Å². The minimum atomic E-state index is -1.02. The van der Waals surface area contributed by atoms with Crippen LogP contribution in [0.4, 0.5) is 5.69 Å². The summed E-state index contributed by atoms with van der Waals surface area (Å²) in [6, 6.07) is 1.87. The lowest BCUT2D eigenvalue weighted by Gasteiger charge is -2.38. The SMILES string of the molecule is CC1=C(/C(C)=C2/C(=O)NC3(CCCCC3)N2C=O)Cc2cnc(C(C)(C)O)cc2N1. The van der Waals surface area contributed by atoms with Gasteiger partial charge in [0.05, 0.1) is 5.69 Å². The van der Waals surface area contributed by atoms with E-state index in [4.69, 9.17) is 0 Å². The van der Waals surface area contributed by atoms with E-state index >= 15 is 0 Å². The van der Waals surface area contributed by atoms with Crippen LogP contribution in [0.15, 0.2) is 34.8 Å². The molecule has 1 aromatic rings. The first kappa shape index (κ1) is 20.6. The van der Waals surface area contributed by atoms with E-state index < -0.39 is 11.3 Å². The Hall–Kier alpha value is -2.67. The van der Waals surface area contributed by atoms with Gasteiger partial charge >= 0.3 is 0 Å². The summed E-state index contributed by atoms with van der Waals surface area (Å²) in [5.41, 5.74) is 4.09. The van der Waals surface area contributed by atoms with Crippen molar-refractivity contribution in [1.82, 2.24) is 15.2 Å². The number of aromatic nitrogens is 1. The second-order valence-corrected chi connectivity index (χ2v) is 9.19. The second-order valence-electron chi connectivity index (χ2n) is 9.19. The van der Waals surface area contributed by atoms with Gasteiger partial charge in [0, 0.05) is 24.0 Å². The van der Waals surface area contributed by atoms with E-state index in [0.29, 0.717) is 17.8 Å². The fraction of sp³-hybridized carbons (Fsp3) is 0.522. The van der Waals surface area contributed by atoms with Crippen LogP contribution in [0.25, 0.3) is 0 Å². The van der Waals surface area contributed by atoms with Crippen molar-refractivity contribution in [2.75, 3.05) is 5.32 Å². The number of fused-ring (bicyclic) bond motifs is 1. The predicted molar refractivity (Wildman–Crippen MR) is 114 cm³/mol. The highest BCUT2D eigenvalue weighted by molar-refractivity contribution is 6.00. The molecule has 3 N–H and O–H groups in total. The van der Waals surface area contributed by atoms with Gasteiger partial charge in [0.25, 0.3) is 5.91 Å². The molecule has 2 fully saturated rings. The van der Waals surface area contributed by atoms with Gasteiger partial charge in [0.1, 0.15) is 17.0 Å². The molecule has 4 rings (SSSR count). The Morgan fingerprint density at radius 3 is 2.63 bits per heavy atom. The van der Waals surface area contributed by atoms with Crippen molar-refractivity contribution >= 4 is 18.0 Å². The number of hydrogen-bond donors (Lipinski definition) is 3. The van der Waals surface area contributed by atoms with Gasteiger partial charge in [-0.3, -0.25) is 19.5 Å². The van der Waals surface area contributed by atoms with E-state index in [1.165, 1.54) is 0 Å². The van der Waals surface area contributed by atoms with Crippen molar-refractivity contribution in [2.24, 2.45) is 0 Å². The number of aliphatic hydroxyl groups is 1. The van der Waals surface area contributed by atoms with Crippen molar-refractivity contribution < 1.29 is 14.7 Å². The molecule has 7 heteroatoms. The molecule has 3 aliphatic rings. The lowest BCUT2D eigenvalue weighted by Crippen LogP contribution is -2.52. The summed E-state index contributed by atoms with van der Waals surface area (Å²) in [7, 11) is 0. The number of hydrogen-bond acceptors (Lipinski definition) is 5. The van der Waals surface area contributed by atoms with Gasteiger partial charge in [-0.2, -0.15) is 0 Å². The summed E-state index contributed by atoms with van der Waals surface area (Å²) in [6.07, 6.45) is 7.90. The molecule has 7 nitrogen and oxygen atoms in total. The fourth-order valence-electron chi connectivity index (χ4n) is 4.89. The van der Waals surface area contributed by atoms with Crippen LogP contribution in [0.3, 0.4) is 0 Å². The Kier molecular flexibility index (Phi) is 4.97. The zero-order valence-corrected chi connectivity index (χ0v) is 18.1. The Labute approximate surface area is 177 Å². The summed E-state index contributed by atoms with van der Waals surface area (Å²) in [5, 5.41) is 16.8. The number of carbonyl (C=O) groups excluding carboxylic acids is 2. The van der Waals surface area contributed by atoms with E-state index in [0.717, 1.165) is 66.6 Å². The van der Waals surface area contributed by atoms with E-state index in [1.807, 2.05) is 19.9 Å². The molecule has 1 aliphatic carbocycles. The van der Waals surface area contributed by atoms with Crippen LogP contribution in [0.2, 0.25) is 0 Å². The third-order valence-corrected chi connectivity index (χ3v) is 6.61. The summed E-state index contributed by atoms with van der Waals surface area (Å²) in [6.45, 7) is 7.31. The molecule has 0 radical (unpaired) electrons.